The van der Waals surface area contributed by atoms with Gasteiger partial charge in [-0.1, -0.05) is 33.6 Å². The number of hydrogen-bond acceptors (Lipinski definition) is 2. The van der Waals surface area contributed by atoms with Gasteiger partial charge in [0.15, 0.2) is 0 Å². The van der Waals surface area contributed by atoms with E-state index in [9.17, 15) is 0 Å². The Labute approximate surface area is 88.1 Å². The number of hydrogen-bond donors (Lipinski definition) is 1. The highest BCUT2D eigenvalue weighted by atomic mass is 32.2. The van der Waals surface area contributed by atoms with E-state index in [-0.39, 0.29) is 0 Å². The van der Waals surface area contributed by atoms with E-state index in [2.05, 4.69) is 37.8 Å². The number of thioether (sulfide) groups is 1. The fourth-order valence-corrected chi connectivity index (χ4v) is 2.08. The highest BCUT2D eigenvalue weighted by molar-refractivity contribution is 7.99. The molecule has 0 unspecified atom stereocenters. The van der Waals surface area contributed by atoms with E-state index in [0.29, 0.717) is 6.04 Å². The Bertz CT molecular complexity index is 94.1. The standard InChI is InChI=1S/C11H25NS/c1-4-5-6-9-13-10-7-8-12-11(2)3/h11-12H,4-10H2,1-3H3. The Hall–Kier alpha value is 0.310. The van der Waals surface area contributed by atoms with Crippen molar-refractivity contribution in [3.05, 3.63) is 0 Å². The third-order valence-electron chi connectivity index (χ3n) is 1.91. The number of unbranched alkanes of at least 4 members (excludes halogenated alkanes) is 2. The van der Waals surface area contributed by atoms with Gasteiger partial charge in [0.2, 0.25) is 0 Å². The van der Waals surface area contributed by atoms with E-state index in [1.54, 1.807) is 0 Å². The molecule has 0 aliphatic heterocycles. The molecule has 0 radical (unpaired) electrons. The van der Waals surface area contributed by atoms with Crippen LogP contribution in [0.25, 0.3) is 0 Å². The van der Waals surface area contributed by atoms with Gasteiger partial charge >= 0.3 is 0 Å². The molecular weight excluding hydrogens is 178 g/mol. The van der Waals surface area contributed by atoms with E-state index in [4.69, 9.17) is 0 Å². The van der Waals surface area contributed by atoms with Gasteiger partial charge in [-0.05, 0) is 30.9 Å². The second-order valence-electron chi connectivity index (χ2n) is 3.78. The minimum atomic E-state index is 0.644. The van der Waals surface area contributed by atoms with Gasteiger partial charge in [-0.2, -0.15) is 11.8 Å². The molecule has 0 saturated heterocycles. The average Bonchev–Trinajstić information content (AvgIpc) is 2.09. The van der Waals surface area contributed by atoms with Gasteiger partial charge in [-0.15, -0.1) is 0 Å². The van der Waals surface area contributed by atoms with Crippen molar-refractivity contribution in [1.29, 1.82) is 0 Å². The van der Waals surface area contributed by atoms with Gasteiger partial charge < -0.3 is 5.32 Å². The number of rotatable bonds is 9. The van der Waals surface area contributed by atoms with Crippen molar-refractivity contribution in [1.82, 2.24) is 5.32 Å². The van der Waals surface area contributed by atoms with Crippen molar-refractivity contribution < 1.29 is 0 Å². The fourth-order valence-electron chi connectivity index (χ4n) is 1.12. The summed E-state index contributed by atoms with van der Waals surface area (Å²) in [7, 11) is 0. The maximum atomic E-state index is 3.43. The van der Waals surface area contributed by atoms with E-state index >= 15 is 0 Å². The molecule has 0 saturated carbocycles. The first-order valence-electron chi connectivity index (χ1n) is 5.58. The van der Waals surface area contributed by atoms with Crippen LogP contribution in [0.2, 0.25) is 0 Å². The monoisotopic (exact) mass is 203 g/mol. The maximum Gasteiger partial charge on any atom is 0.00103 e. The second kappa shape index (κ2) is 10.4. The van der Waals surface area contributed by atoms with Crippen molar-refractivity contribution in [3.63, 3.8) is 0 Å². The van der Waals surface area contributed by atoms with Crippen LogP contribution in [0, 0.1) is 0 Å². The highest BCUT2D eigenvalue weighted by Crippen LogP contribution is 2.06. The minimum Gasteiger partial charge on any atom is -0.315 e. The Morgan fingerprint density at radius 1 is 1.08 bits per heavy atom. The summed E-state index contributed by atoms with van der Waals surface area (Å²) in [5.74, 6) is 2.68. The van der Waals surface area contributed by atoms with E-state index in [1.165, 1.54) is 43.7 Å². The second-order valence-corrected chi connectivity index (χ2v) is 5.01. The molecule has 13 heavy (non-hydrogen) atoms. The summed E-state index contributed by atoms with van der Waals surface area (Å²) in [5, 5.41) is 3.43. The molecule has 0 heterocycles. The topological polar surface area (TPSA) is 12.0 Å². The average molecular weight is 203 g/mol. The summed E-state index contributed by atoms with van der Waals surface area (Å²) in [5.41, 5.74) is 0. The van der Waals surface area contributed by atoms with Gasteiger partial charge in [-0.3, -0.25) is 0 Å². The lowest BCUT2D eigenvalue weighted by Crippen LogP contribution is -2.23. The third-order valence-corrected chi connectivity index (χ3v) is 3.06. The summed E-state index contributed by atoms with van der Waals surface area (Å²) in [6.45, 7) is 7.85. The van der Waals surface area contributed by atoms with Gasteiger partial charge in [-0.25, -0.2) is 0 Å². The van der Waals surface area contributed by atoms with Crippen LogP contribution in [0.1, 0.15) is 46.5 Å². The summed E-state index contributed by atoms with van der Waals surface area (Å²) < 4.78 is 0. The van der Waals surface area contributed by atoms with Crippen LogP contribution in [0.3, 0.4) is 0 Å². The molecule has 0 aliphatic rings. The van der Waals surface area contributed by atoms with Crippen molar-refractivity contribution in [3.8, 4) is 0 Å². The molecule has 0 aromatic carbocycles. The predicted octanol–water partition coefficient (Wildman–Crippen LogP) is 3.30. The van der Waals surface area contributed by atoms with E-state index in [0.717, 1.165) is 0 Å². The molecule has 0 bridgehead atoms. The fraction of sp³-hybridized carbons (Fsp3) is 1.00. The van der Waals surface area contributed by atoms with Crippen LogP contribution in [0.5, 0.6) is 0 Å². The van der Waals surface area contributed by atoms with E-state index < -0.39 is 0 Å². The van der Waals surface area contributed by atoms with E-state index in [1.807, 2.05) is 0 Å². The molecule has 0 rings (SSSR count). The summed E-state index contributed by atoms with van der Waals surface area (Å²) >= 11 is 2.10. The summed E-state index contributed by atoms with van der Waals surface area (Å²) in [6.07, 6.45) is 5.46. The van der Waals surface area contributed by atoms with Crippen LogP contribution >= 0.6 is 11.8 Å². The molecule has 0 aliphatic carbocycles. The Morgan fingerprint density at radius 3 is 2.38 bits per heavy atom. The molecule has 0 spiro atoms. The minimum absolute atomic E-state index is 0.644. The normalized spacial score (nSPS) is 11.1. The molecule has 0 atom stereocenters. The predicted molar refractivity (Wildman–Crippen MR) is 64.6 cm³/mol. The number of nitrogens with one attached hydrogen (secondary N) is 1. The Kier molecular flexibility index (Phi) is 10.6. The largest absolute Gasteiger partial charge is 0.315 e. The van der Waals surface area contributed by atoms with Crippen LogP contribution < -0.4 is 5.32 Å². The van der Waals surface area contributed by atoms with Crippen LogP contribution in [-0.2, 0) is 0 Å². The SMILES string of the molecule is CCCCCSCCCNC(C)C. The lowest BCUT2D eigenvalue weighted by molar-refractivity contribution is 0.585. The third kappa shape index (κ3) is 12.3. The Morgan fingerprint density at radius 2 is 1.77 bits per heavy atom. The lowest BCUT2D eigenvalue weighted by atomic mass is 10.3. The quantitative estimate of drug-likeness (QED) is 0.577. The smallest absolute Gasteiger partial charge is 0.00103 e. The molecule has 0 aromatic rings. The van der Waals surface area contributed by atoms with Crippen LogP contribution in [0.15, 0.2) is 0 Å². The van der Waals surface area contributed by atoms with Crippen LogP contribution in [0.4, 0.5) is 0 Å². The molecule has 80 valence electrons. The van der Waals surface area contributed by atoms with Gasteiger partial charge in [0, 0.05) is 6.04 Å². The van der Waals surface area contributed by atoms with Crippen molar-refractivity contribution >= 4 is 11.8 Å². The molecular formula is C11H25NS. The zero-order valence-electron chi connectivity index (χ0n) is 9.44. The van der Waals surface area contributed by atoms with Crippen molar-refractivity contribution in [2.75, 3.05) is 18.1 Å². The molecule has 2 heteroatoms. The highest BCUT2D eigenvalue weighted by Gasteiger charge is 1.92. The lowest BCUT2D eigenvalue weighted by Gasteiger charge is -2.07. The molecule has 0 aromatic heterocycles. The maximum absolute atomic E-state index is 3.43. The first-order valence-corrected chi connectivity index (χ1v) is 6.74. The van der Waals surface area contributed by atoms with Gasteiger partial charge in [0.1, 0.15) is 0 Å². The van der Waals surface area contributed by atoms with Crippen molar-refractivity contribution in [2.24, 2.45) is 0 Å². The first kappa shape index (κ1) is 13.3. The van der Waals surface area contributed by atoms with Gasteiger partial charge in [0.05, 0.1) is 0 Å². The molecule has 0 fully saturated rings. The first-order chi connectivity index (χ1) is 6.27. The van der Waals surface area contributed by atoms with Crippen LogP contribution in [-0.4, -0.2) is 24.1 Å². The zero-order chi connectivity index (χ0) is 9.94. The summed E-state index contributed by atoms with van der Waals surface area (Å²) in [4.78, 5) is 0. The summed E-state index contributed by atoms with van der Waals surface area (Å²) in [6, 6.07) is 0.644. The van der Waals surface area contributed by atoms with Gasteiger partial charge in [0.25, 0.3) is 0 Å². The molecule has 1 N–H and O–H groups in total. The Balaban J connectivity index is 2.84. The van der Waals surface area contributed by atoms with Crippen molar-refractivity contribution in [2.45, 2.75) is 52.5 Å². The molecule has 0 amide bonds. The zero-order valence-corrected chi connectivity index (χ0v) is 10.3. The molecule has 1 nitrogen and oxygen atoms in total.